The van der Waals surface area contributed by atoms with E-state index in [0.717, 1.165) is 12.1 Å². The number of aliphatic imine (C=N–C) groups is 1. The fourth-order valence-electron chi connectivity index (χ4n) is 3.01. The maximum atomic E-state index is 13.4. The van der Waals surface area contributed by atoms with Crippen molar-refractivity contribution in [1.82, 2.24) is 5.32 Å². The summed E-state index contributed by atoms with van der Waals surface area (Å²) in [6.07, 6.45) is -3.33. The Morgan fingerprint density at radius 3 is 2.45 bits per heavy atom. The molecule has 172 valence electrons. The van der Waals surface area contributed by atoms with Crippen LogP contribution in [0.3, 0.4) is 0 Å². The molecule has 0 radical (unpaired) electrons. The number of amides is 2. The van der Waals surface area contributed by atoms with Crippen molar-refractivity contribution in [2.24, 2.45) is 16.5 Å². The van der Waals surface area contributed by atoms with Gasteiger partial charge >= 0.3 is 6.18 Å². The van der Waals surface area contributed by atoms with Crippen LogP contribution in [0.4, 0.5) is 24.5 Å². The number of hydrogen-bond acceptors (Lipinski definition) is 5. The van der Waals surface area contributed by atoms with E-state index in [1.807, 2.05) is 0 Å². The van der Waals surface area contributed by atoms with Crippen molar-refractivity contribution in [3.05, 3.63) is 17.7 Å². The van der Waals surface area contributed by atoms with Gasteiger partial charge in [0.05, 0.1) is 16.9 Å². The summed E-state index contributed by atoms with van der Waals surface area (Å²) in [4.78, 5) is 27.7. The lowest BCUT2D eigenvalue weighted by atomic mass is 10.1. The van der Waals surface area contributed by atoms with Gasteiger partial charge in [0.15, 0.2) is 11.7 Å². The number of unbranched alkanes of at least 4 members (excludes halogenated alkanes) is 1. The van der Waals surface area contributed by atoms with Crippen LogP contribution in [-0.4, -0.2) is 43.5 Å². The van der Waals surface area contributed by atoms with Gasteiger partial charge in [0, 0.05) is 26.4 Å². The summed E-state index contributed by atoms with van der Waals surface area (Å²) >= 11 is 0. The minimum Gasteiger partial charge on any atom is -0.485 e. The molecule has 1 saturated heterocycles. The highest BCUT2D eigenvalue weighted by atomic mass is 19.4. The highest BCUT2D eigenvalue weighted by Crippen LogP contribution is 2.41. The van der Waals surface area contributed by atoms with Gasteiger partial charge < -0.3 is 32.2 Å². The number of anilines is 2. The average molecular weight is 444 g/mol. The van der Waals surface area contributed by atoms with E-state index < -0.39 is 23.6 Å². The number of ether oxygens (including phenoxy) is 1. The molecule has 2 amide bonds. The number of rotatable bonds is 9. The first-order chi connectivity index (χ1) is 14.6. The summed E-state index contributed by atoms with van der Waals surface area (Å²) in [5.74, 6) is -1.12. The Labute approximate surface area is 177 Å². The monoisotopic (exact) mass is 444 g/mol. The van der Waals surface area contributed by atoms with E-state index in [1.54, 1.807) is 0 Å². The number of benzene rings is 1. The van der Waals surface area contributed by atoms with Gasteiger partial charge in [-0.3, -0.25) is 14.6 Å². The normalized spacial score (nSPS) is 15.9. The van der Waals surface area contributed by atoms with Crippen molar-refractivity contribution >= 4 is 29.1 Å². The molecular formula is C19H27F3N6O3. The zero-order valence-electron chi connectivity index (χ0n) is 17.1. The van der Waals surface area contributed by atoms with E-state index in [-0.39, 0.29) is 35.6 Å². The fraction of sp³-hybridized carbons (Fsp3) is 0.526. The van der Waals surface area contributed by atoms with Gasteiger partial charge in [0.1, 0.15) is 6.10 Å². The summed E-state index contributed by atoms with van der Waals surface area (Å²) in [5.41, 5.74) is 9.13. The first kappa shape index (κ1) is 24.3. The molecule has 1 fully saturated rings. The third-order valence-corrected chi connectivity index (χ3v) is 4.41. The number of guanidine groups is 1. The molecule has 1 aromatic rings. The number of halogens is 3. The van der Waals surface area contributed by atoms with Crippen LogP contribution in [0, 0.1) is 0 Å². The molecule has 0 bridgehead atoms. The van der Waals surface area contributed by atoms with E-state index in [0.29, 0.717) is 38.9 Å². The third kappa shape index (κ3) is 7.96. The molecule has 0 saturated carbocycles. The Hall–Kier alpha value is -3.02. The highest BCUT2D eigenvalue weighted by Gasteiger charge is 2.33. The number of carbonyl (C=O) groups is 2. The molecule has 1 aliphatic rings. The predicted molar refractivity (Wildman–Crippen MR) is 111 cm³/mol. The second-order valence-corrected chi connectivity index (χ2v) is 7.12. The maximum absolute atomic E-state index is 13.4. The minimum atomic E-state index is -4.68. The van der Waals surface area contributed by atoms with Gasteiger partial charge in [-0.15, -0.1) is 0 Å². The van der Waals surface area contributed by atoms with Crippen LogP contribution < -0.4 is 32.2 Å². The standard InChI is InChI=1S/C19H27F3N6O3/c1-11(29)27-14-8-12(19(20,21)22)9-15(17(14)31-13-5-7-25-10-13)28-16(30)4-2-3-6-26-18(23)24/h8-9,13,25H,2-7,10H2,1H3,(H,27,29)(H,28,30)(H4,23,24,26). The minimum absolute atomic E-state index is 0.00856. The molecule has 1 heterocycles. The Bertz CT molecular complexity index is 819. The number of carbonyl (C=O) groups excluding carboxylic acids is 2. The lowest BCUT2D eigenvalue weighted by Gasteiger charge is -2.22. The second-order valence-electron chi connectivity index (χ2n) is 7.12. The summed E-state index contributed by atoms with van der Waals surface area (Å²) in [6.45, 7) is 2.71. The van der Waals surface area contributed by atoms with E-state index in [2.05, 4.69) is 20.9 Å². The van der Waals surface area contributed by atoms with Crippen LogP contribution in [0.2, 0.25) is 0 Å². The van der Waals surface area contributed by atoms with Crippen LogP contribution in [0.15, 0.2) is 17.1 Å². The van der Waals surface area contributed by atoms with Crippen LogP contribution in [0.1, 0.15) is 38.2 Å². The van der Waals surface area contributed by atoms with Gasteiger partial charge in [-0.2, -0.15) is 13.2 Å². The number of alkyl halides is 3. The van der Waals surface area contributed by atoms with Gasteiger partial charge in [-0.25, -0.2) is 0 Å². The molecule has 1 atom stereocenters. The molecule has 1 aromatic carbocycles. The molecular weight excluding hydrogens is 417 g/mol. The molecule has 9 nitrogen and oxygen atoms in total. The molecule has 1 unspecified atom stereocenters. The Morgan fingerprint density at radius 2 is 1.90 bits per heavy atom. The van der Waals surface area contributed by atoms with Crippen molar-refractivity contribution in [1.29, 1.82) is 0 Å². The molecule has 12 heteroatoms. The van der Waals surface area contributed by atoms with E-state index in [9.17, 15) is 22.8 Å². The smallest absolute Gasteiger partial charge is 0.416 e. The molecule has 7 N–H and O–H groups in total. The molecule has 0 aromatic heterocycles. The van der Waals surface area contributed by atoms with Gasteiger partial charge in [0.25, 0.3) is 0 Å². The molecule has 0 spiro atoms. The zero-order valence-corrected chi connectivity index (χ0v) is 17.1. The Kier molecular flexibility index (Phi) is 8.48. The topological polar surface area (TPSA) is 144 Å². The number of nitrogens with zero attached hydrogens (tertiary/aromatic N) is 1. The largest absolute Gasteiger partial charge is 0.485 e. The van der Waals surface area contributed by atoms with Crippen molar-refractivity contribution in [3.8, 4) is 5.75 Å². The summed E-state index contributed by atoms with van der Waals surface area (Å²) in [6, 6.07) is 1.60. The van der Waals surface area contributed by atoms with Crippen LogP contribution >= 0.6 is 0 Å². The summed E-state index contributed by atoms with van der Waals surface area (Å²) in [7, 11) is 0. The Balaban J connectivity index is 2.26. The fourth-order valence-corrected chi connectivity index (χ4v) is 3.01. The average Bonchev–Trinajstić information content (AvgIpc) is 3.15. The maximum Gasteiger partial charge on any atom is 0.416 e. The van der Waals surface area contributed by atoms with Crippen LogP contribution in [0.5, 0.6) is 5.75 Å². The first-order valence-corrected chi connectivity index (χ1v) is 9.81. The first-order valence-electron chi connectivity index (χ1n) is 9.81. The zero-order chi connectivity index (χ0) is 23.0. The van der Waals surface area contributed by atoms with Crippen LogP contribution in [-0.2, 0) is 15.8 Å². The summed E-state index contributed by atoms with van der Waals surface area (Å²) in [5, 5.41) is 7.95. The molecule has 31 heavy (non-hydrogen) atoms. The van der Waals surface area contributed by atoms with Gasteiger partial charge in [0.2, 0.25) is 11.8 Å². The quantitative estimate of drug-likeness (QED) is 0.223. The van der Waals surface area contributed by atoms with Gasteiger partial charge in [-0.1, -0.05) is 0 Å². The number of hydrogen-bond donors (Lipinski definition) is 5. The van der Waals surface area contributed by atoms with Gasteiger partial charge in [-0.05, 0) is 37.9 Å². The van der Waals surface area contributed by atoms with E-state index in [4.69, 9.17) is 16.2 Å². The van der Waals surface area contributed by atoms with Crippen molar-refractivity contribution in [2.75, 3.05) is 30.3 Å². The van der Waals surface area contributed by atoms with E-state index in [1.165, 1.54) is 6.92 Å². The molecule has 1 aliphatic heterocycles. The number of nitrogens with one attached hydrogen (secondary N) is 3. The molecule has 0 aliphatic carbocycles. The summed E-state index contributed by atoms with van der Waals surface area (Å²) < 4.78 is 46.1. The molecule has 2 rings (SSSR count). The SMILES string of the molecule is CC(=O)Nc1cc(C(F)(F)F)cc(NC(=O)CCCCN=C(N)N)c1OC1CCNC1. The number of nitrogens with two attached hydrogens (primary N) is 2. The van der Waals surface area contributed by atoms with Crippen molar-refractivity contribution in [3.63, 3.8) is 0 Å². The Morgan fingerprint density at radius 1 is 1.23 bits per heavy atom. The lowest BCUT2D eigenvalue weighted by molar-refractivity contribution is -0.137. The van der Waals surface area contributed by atoms with E-state index >= 15 is 0 Å². The van der Waals surface area contributed by atoms with Crippen LogP contribution in [0.25, 0.3) is 0 Å². The predicted octanol–water partition coefficient (Wildman–Crippen LogP) is 1.79. The lowest BCUT2D eigenvalue weighted by Crippen LogP contribution is -2.23. The van der Waals surface area contributed by atoms with Crippen molar-refractivity contribution in [2.45, 2.75) is 44.9 Å². The van der Waals surface area contributed by atoms with Crippen molar-refractivity contribution < 1.29 is 27.5 Å². The second kappa shape index (κ2) is 10.8. The third-order valence-electron chi connectivity index (χ3n) is 4.41. The highest BCUT2D eigenvalue weighted by molar-refractivity contribution is 5.97.